The SMILES string of the molecule is C=CC(=O)N1CCCC(n2nc(-c3ccc(CN4CCc5c(OC)cccc54)cc3)c3c(N)ncnc32)C1.CC. The number of carbonyl (C=O) groups excluding carboxylic acids is 1. The lowest BCUT2D eigenvalue weighted by Crippen LogP contribution is -2.40. The summed E-state index contributed by atoms with van der Waals surface area (Å²) in [6.45, 7) is 10.7. The molecule has 1 unspecified atom stereocenters. The van der Waals surface area contributed by atoms with Crippen LogP contribution in [-0.2, 0) is 17.8 Å². The first kappa shape index (κ1) is 27.2. The molecule has 2 N–H and O–H groups in total. The summed E-state index contributed by atoms with van der Waals surface area (Å²) in [7, 11) is 1.73. The average Bonchev–Trinajstić information content (AvgIpc) is 3.61. The number of anilines is 2. The van der Waals surface area contributed by atoms with Crippen molar-refractivity contribution in [2.45, 2.75) is 45.7 Å². The number of aromatic nitrogens is 4. The number of benzene rings is 2. The van der Waals surface area contributed by atoms with Gasteiger partial charge >= 0.3 is 0 Å². The average molecular weight is 540 g/mol. The van der Waals surface area contributed by atoms with Crippen LogP contribution in [0.4, 0.5) is 11.5 Å². The summed E-state index contributed by atoms with van der Waals surface area (Å²) in [4.78, 5) is 25.3. The Morgan fingerprint density at radius 2 is 1.95 bits per heavy atom. The third kappa shape index (κ3) is 4.99. The molecule has 9 nitrogen and oxygen atoms in total. The molecule has 0 spiro atoms. The van der Waals surface area contributed by atoms with Crippen LogP contribution < -0.4 is 15.4 Å². The number of carbonyl (C=O) groups is 1. The lowest BCUT2D eigenvalue weighted by atomic mass is 10.1. The predicted molar refractivity (Wildman–Crippen MR) is 159 cm³/mol. The van der Waals surface area contributed by atoms with E-state index in [0.717, 1.165) is 61.3 Å². The number of fused-ring (bicyclic) bond motifs is 2. The number of methoxy groups -OCH3 is 1. The molecular formula is C31H37N7O2. The van der Waals surface area contributed by atoms with E-state index in [2.05, 4.69) is 51.8 Å². The third-order valence-corrected chi connectivity index (χ3v) is 7.65. The fourth-order valence-electron chi connectivity index (χ4n) is 5.75. The van der Waals surface area contributed by atoms with Gasteiger partial charge in [0.05, 0.1) is 18.5 Å². The van der Waals surface area contributed by atoms with Crippen molar-refractivity contribution >= 4 is 28.4 Å². The minimum absolute atomic E-state index is 0.00435. The summed E-state index contributed by atoms with van der Waals surface area (Å²) in [5.74, 6) is 1.30. The van der Waals surface area contributed by atoms with Gasteiger partial charge in [0.15, 0.2) is 5.65 Å². The fourth-order valence-corrected chi connectivity index (χ4v) is 5.75. The van der Waals surface area contributed by atoms with Crippen LogP contribution in [0.2, 0.25) is 0 Å². The molecular weight excluding hydrogens is 502 g/mol. The first-order valence-corrected chi connectivity index (χ1v) is 14.0. The molecule has 2 aliphatic rings. The quantitative estimate of drug-likeness (QED) is 0.343. The largest absolute Gasteiger partial charge is 0.496 e. The van der Waals surface area contributed by atoms with Crippen molar-refractivity contribution in [1.82, 2.24) is 24.6 Å². The number of amides is 1. The van der Waals surface area contributed by atoms with Gasteiger partial charge < -0.3 is 20.3 Å². The van der Waals surface area contributed by atoms with E-state index in [4.69, 9.17) is 15.6 Å². The number of rotatable bonds is 6. The highest BCUT2D eigenvalue weighted by atomic mass is 16.5. The molecule has 0 bridgehead atoms. The van der Waals surface area contributed by atoms with Crippen LogP contribution in [0.1, 0.15) is 43.9 Å². The monoisotopic (exact) mass is 539 g/mol. The highest BCUT2D eigenvalue weighted by Gasteiger charge is 2.28. The first-order valence-electron chi connectivity index (χ1n) is 14.0. The Balaban J connectivity index is 0.00000158. The normalized spacial score (nSPS) is 16.3. The molecule has 0 aliphatic carbocycles. The standard InChI is InChI=1S/C29H31N7O2.C2H6/c1-3-25(37)35-14-5-6-21(17-35)36-29-26(28(30)31-18-32-29)27(33-36)20-11-9-19(10-12-20)16-34-15-13-22-23(34)7-4-8-24(22)38-2;1-2/h3-4,7-12,18,21H,1,5-6,13-17H2,2H3,(H2,30,31,32);1-2H3. The number of ether oxygens (including phenoxy) is 1. The fraction of sp³-hybridized carbons (Fsp3) is 0.355. The molecule has 0 radical (unpaired) electrons. The number of hydrogen-bond donors (Lipinski definition) is 1. The van der Waals surface area contributed by atoms with Crippen molar-refractivity contribution in [1.29, 1.82) is 0 Å². The van der Waals surface area contributed by atoms with Crippen molar-refractivity contribution in [2.75, 3.05) is 37.4 Å². The number of nitrogens with two attached hydrogens (primary N) is 1. The highest BCUT2D eigenvalue weighted by Crippen LogP contribution is 2.37. The third-order valence-electron chi connectivity index (χ3n) is 7.65. The lowest BCUT2D eigenvalue weighted by molar-refractivity contribution is -0.127. The molecule has 4 aromatic rings. The number of likely N-dealkylation sites (tertiary alicyclic amines) is 1. The molecule has 2 aliphatic heterocycles. The Bertz CT molecular complexity index is 1510. The Hall–Kier alpha value is -4.40. The van der Waals surface area contributed by atoms with E-state index in [1.807, 2.05) is 35.6 Å². The van der Waals surface area contributed by atoms with Gasteiger partial charge in [0.2, 0.25) is 5.91 Å². The van der Waals surface area contributed by atoms with Crippen molar-refractivity contribution < 1.29 is 9.53 Å². The van der Waals surface area contributed by atoms with Crippen LogP contribution in [0, 0.1) is 0 Å². The van der Waals surface area contributed by atoms with Crippen LogP contribution >= 0.6 is 0 Å². The first-order chi connectivity index (χ1) is 19.6. The summed E-state index contributed by atoms with van der Waals surface area (Å²) in [5, 5.41) is 5.74. The van der Waals surface area contributed by atoms with Crippen molar-refractivity contribution in [3.05, 3.63) is 72.6 Å². The van der Waals surface area contributed by atoms with Crippen LogP contribution in [0.5, 0.6) is 5.75 Å². The predicted octanol–water partition coefficient (Wildman–Crippen LogP) is 5.02. The zero-order chi connectivity index (χ0) is 28.2. The second kappa shape index (κ2) is 11.8. The van der Waals surface area contributed by atoms with Gasteiger partial charge in [-0.05, 0) is 43.0 Å². The topological polar surface area (TPSA) is 102 Å². The van der Waals surface area contributed by atoms with Crippen LogP contribution in [0.15, 0.2) is 61.4 Å². The van der Waals surface area contributed by atoms with E-state index in [9.17, 15) is 4.79 Å². The zero-order valence-electron chi connectivity index (χ0n) is 23.5. The van der Waals surface area contributed by atoms with E-state index in [1.54, 1.807) is 7.11 Å². The molecule has 2 aromatic heterocycles. The second-order valence-electron chi connectivity index (χ2n) is 9.86. The molecule has 40 heavy (non-hydrogen) atoms. The van der Waals surface area contributed by atoms with E-state index < -0.39 is 0 Å². The summed E-state index contributed by atoms with van der Waals surface area (Å²) in [6, 6.07) is 14.7. The Morgan fingerprint density at radius 3 is 2.70 bits per heavy atom. The van der Waals surface area contributed by atoms with Crippen molar-refractivity contribution in [3.63, 3.8) is 0 Å². The summed E-state index contributed by atoms with van der Waals surface area (Å²) in [5.41, 5.74) is 12.5. The van der Waals surface area contributed by atoms with Gasteiger partial charge in [-0.2, -0.15) is 5.10 Å². The van der Waals surface area contributed by atoms with Gasteiger partial charge in [-0.15, -0.1) is 0 Å². The van der Waals surface area contributed by atoms with Gasteiger partial charge in [-0.25, -0.2) is 14.6 Å². The van der Waals surface area contributed by atoms with Crippen LogP contribution in [-0.4, -0.2) is 57.3 Å². The summed E-state index contributed by atoms with van der Waals surface area (Å²) >= 11 is 0. The smallest absolute Gasteiger partial charge is 0.246 e. The maximum atomic E-state index is 12.3. The second-order valence-corrected chi connectivity index (χ2v) is 9.86. The van der Waals surface area contributed by atoms with E-state index in [1.165, 1.54) is 29.2 Å². The van der Waals surface area contributed by atoms with Crippen LogP contribution in [0.25, 0.3) is 22.3 Å². The van der Waals surface area contributed by atoms with Crippen molar-refractivity contribution in [3.8, 4) is 17.0 Å². The maximum Gasteiger partial charge on any atom is 0.246 e. The van der Waals surface area contributed by atoms with Gasteiger partial charge in [0.1, 0.15) is 23.6 Å². The van der Waals surface area contributed by atoms with Gasteiger partial charge in [0.25, 0.3) is 0 Å². The molecule has 1 fully saturated rings. The molecule has 6 rings (SSSR count). The van der Waals surface area contributed by atoms with Crippen molar-refractivity contribution in [2.24, 2.45) is 0 Å². The molecule has 1 saturated heterocycles. The van der Waals surface area contributed by atoms with Crippen LogP contribution in [0.3, 0.4) is 0 Å². The molecule has 208 valence electrons. The Morgan fingerprint density at radius 1 is 1.15 bits per heavy atom. The summed E-state index contributed by atoms with van der Waals surface area (Å²) < 4.78 is 7.48. The molecule has 1 atom stereocenters. The van der Waals surface area contributed by atoms with Gasteiger partial charge in [-0.1, -0.05) is 50.8 Å². The molecule has 9 heteroatoms. The molecule has 2 aromatic carbocycles. The minimum Gasteiger partial charge on any atom is -0.496 e. The Labute approximate surface area is 235 Å². The van der Waals surface area contributed by atoms with E-state index >= 15 is 0 Å². The van der Waals surface area contributed by atoms with E-state index in [0.29, 0.717) is 18.0 Å². The maximum absolute atomic E-state index is 12.3. The number of piperidine rings is 1. The highest BCUT2D eigenvalue weighted by molar-refractivity contribution is 5.98. The summed E-state index contributed by atoms with van der Waals surface area (Å²) in [6.07, 6.45) is 5.62. The zero-order valence-corrected chi connectivity index (χ0v) is 23.5. The molecule has 1 amide bonds. The van der Waals surface area contributed by atoms with Gasteiger partial charge in [-0.3, -0.25) is 4.79 Å². The minimum atomic E-state index is -0.0600. The van der Waals surface area contributed by atoms with E-state index in [-0.39, 0.29) is 11.9 Å². The molecule has 4 heterocycles. The number of nitrogen functional groups attached to an aromatic ring is 1. The number of hydrogen-bond acceptors (Lipinski definition) is 7. The number of nitrogens with zero attached hydrogens (tertiary/aromatic N) is 6. The van der Waals surface area contributed by atoms with Gasteiger partial charge in [0, 0.05) is 43.0 Å². The lowest BCUT2D eigenvalue weighted by Gasteiger charge is -2.32. The Kier molecular flexibility index (Phi) is 8.00. The molecule has 0 saturated carbocycles.